The molecule has 0 aromatic heterocycles. The molecule has 2 heteroatoms. The SMILES string of the molecule is CC1=CCC=C(OC#N)C=C1. The van der Waals surface area contributed by atoms with Gasteiger partial charge in [0.25, 0.3) is 6.26 Å². The smallest absolute Gasteiger partial charge is 0.292 e. The van der Waals surface area contributed by atoms with Gasteiger partial charge in [-0.2, -0.15) is 0 Å². The van der Waals surface area contributed by atoms with Gasteiger partial charge >= 0.3 is 0 Å². The molecule has 0 fully saturated rings. The second-order valence-electron chi connectivity index (χ2n) is 2.32. The molecule has 0 unspecified atom stereocenters. The van der Waals surface area contributed by atoms with Crippen LogP contribution in [0, 0.1) is 11.5 Å². The molecule has 0 N–H and O–H groups in total. The van der Waals surface area contributed by atoms with Gasteiger partial charge in [0.15, 0.2) is 0 Å². The average molecular weight is 147 g/mol. The summed E-state index contributed by atoms with van der Waals surface area (Å²) >= 11 is 0. The van der Waals surface area contributed by atoms with Crippen molar-refractivity contribution in [1.29, 1.82) is 5.26 Å². The fourth-order valence-electron chi connectivity index (χ4n) is 0.839. The van der Waals surface area contributed by atoms with E-state index in [9.17, 15) is 0 Å². The molecule has 0 saturated heterocycles. The molecule has 0 aliphatic heterocycles. The quantitative estimate of drug-likeness (QED) is 0.533. The minimum absolute atomic E-state index is 0.626. The van der Waals surface area contributed by atoms with Crippen LogP contribution in [-0.4, -0.2) is 0 Å². The zero-order valence-corrected chi connectivity index (χ0v) is 6.37. The lowest BCUT2D eigenvalue weighted by molar-refractivity contribution is 0.391. The molecule has 1 aliphatic carbocycles. The van der Waals surface area contributed by atoms with Gasteiger partial charge in [-0.15, -0.1) is 5.26 Å². The molecule has 0 saturated carbocycles. The second kappa shape index (κ2) is 3.62. The van der Waals surface area contributed by atoms with E-state index in [1.165, 1.54) is 5.57 Å². The number of rotatable bonds is 1. The van der Waals surface area contributed by atoms with Crippen molar-refractivity contribution >= 4 is 0 Å². The highest BCUT2D eigenvalue weighted by Crippen LogP contribution is 2.09. The maximum absolute atomic E-state index is 8.21. The van der Waals surface area contributed by atoms with Crippen molar-refractivity contribution in [3.05, 3.63) is 35.6 Å². The van der Waals surface area contributed by atoms with Crippen LogP contribution in [0.2, 0.25) is 0 Å². The summed E-state index contributed by atoms with van der Waals surface area (Å²) < 4.78 is 4.66. The Kier molecular flexibility index (Phi) is 2.51. The van der Waals surface area contributed by atoms with E-state index in [0.717, 1.165) is 6.42 Å². The molecule has 0 radical (unpaired) electrons. The Labute approximate surface area is 66.1 Å². The lowest BCUT2D eigenvalue weighted by atomic mass is 10.2. The van der Waals surface area contributed by atoms with E-state index in [2.05, 4.69) is 10.8 Å². The lowest BCUT2D eigenvalue weighted by Gasteiger charge is -1.91. The topological polar surface area (TPSA) is 33.0 Å². The highest BCUT2D eigenvalue weighted by Gasteiger charge is 1.94. The Morgan fingerprint density at radius 1 is 1.45 bits per heavy atom. The first kappa shape index (κ1) is 7.62. The van der Waals surface area contributed by atoms with Gasteiger partial charge in [0, 0.05) is 0 Å². The van der Waals surface area contributed by atoms with Crippen molar-refractivity contribution < 1.29 is 4.74 Å². The summed E-state index contributed by atoms with van der Waals surface area (Å²) in [6.07, 6.45) is 10.1. The Hall–Kier alpha value is -1.49. The third-order valence-electron chi connectivity index (χ3n) is 1.43. The summed E-state index contributed by atoms with van der Waals surface area (Å²) in [5, 5.41) is 8.21. The molecule has 0 atom stereocenters. The molecule has 0 amide bonds. The van der Waals surface area contributed by atoms with Crippen LogP contribution in [0.25, 0.3) is 0 Å². The molecule has 1 rings (SSSR count). The Morgan fingerprint density at radius 3 is 3.00 bits per heavy atom. The molecule has 2 nitrogen and oxygen atoms in total. The number of ether oxygens (including phenoxy) is 1. The van der Waals surface area contributed by atoms with Gasteiger partial charge in [-0.05, 0) is 25.5 Å². The minimum Gasteiger partial charge on any atom is -0.388 e. The highest BCUT2D eigenvalue weighted by atomic mass is 16.5. The first-order valence-electron chi connectivity index (χ1n) is 3.44. The van der Waals surface area contributed by atoms with E-state index in [-0.39, 0.29) is 0 Å². The molecule has 0 spiro atoms. The van der Waals surface area contributed by atoms with E-state index in [0.29, 0.717) is 5.76 Å². The van der Waals surface area contributed by atoms with Gasteiger partial charge in [-0.1, -0.05) is 17.7 Å². The summed E-state index contributed by atoms with van der Waals surface area (Å²) in [5.74, 6) is 0.626. The van der Waals surface area contributed by atoms with Crippen LogP contribution in [0.15, 0.2) is 35.6 Å². The molecule has 56 valence electrons. The first-order valence-corrected chi connectivity index (χ1v) is 3.44. The molecule has 0 aromatic carbocycles. The van der Waals surface area contributed by atoms with Gasteiger partial charge in [0.2, 0.25) is 0 Å². The zero-order valence-electron chi connectivity index (χ0n) is 6.37. The van der Waals surface area contributed by atoms with Crippen LogP contribution in [-0.2, 0) is 4.74 Å². The van der Waals surface area contributed by atoms with Gasteiger partial charge in [0.05, 0.1) is 0 Å². The summed E-state index contributed by atoms with van der Waals surface area (Å²) in [7, 11) is 0. The van der Waals surface area contributed by atoms with Gasteiger partial charge in [-0.25, -0.2) is 0 Å². The van der Waals surface area contributed by atoms with E-state index in [4.69, 9.17) is 5.26 Å². The van der Waals surface area contributed by atoms with Crippen LogP contribution < -0.4 is 0 Å². The van der Waals surface area contributed by atoms with Crippen molar-refractivity contribution in [2.45, 2.75) is 13.3 Å². The standard InChI is InChI=1S/C9H9NO/c1-8-3-2-4-9(6-5-8)11-7-10/h3-6H,2H2,1H3. The summed E-state index contributed by atoms with van der Waals surface area (Å²) in [4.78, 5) is 0. The summed E-state index contributed by atoms with van der Waals surface area (Å²) in [6, 6.07) is 0. The zero-order chi connectivity index (χ0) is 8.10. The van der Waals surface area contributed by atoms with Crippen molar-refractivity contribution in [1.82, 2.24) is 0 Å². The maximum atomic E-state index is 8.21. The minimum atomic E-state index is 0.626. The third-order valence-corrected chi connectivity index (χ3v) is 1.43. The van der Waals surface area contributed by atoms with Crippen molar-refractivity contribution in [3.8, 4) is 6.26 Å². The monoisotopic (exact) mass is 147 g/mol. The van der Waals surface area contributed by atoms with Crippen molar-refractivity contribution in [2.24, 2.45) is 0 Å². The molecular weight excluding hydrogens is 138 g/mol. The summed E-state index contributed by atoms with van der Waals surface area (Å²) in [6.45, 7) is 2.01. The second-order valence-corrected chi connectivity index (χ2v) is 2.32. The van der Waals surface area contributed by atoms with E-state index in [1.54, 1.807) is 12.3 Å². The fourth-order valence-corrected chi connectivity index (χ4v) is 0.839. The van der Waals surface area contributed by atoms with E-state index < -0.39 is 0 Å². The first-order chi connectivity index (χ1) is 5.33. The van der Waals surface area contributed by atoms with Gasteiger partial charge in [0.1, 0.15) is 5.76 Å². The lowest BCUT2D eigenvalue weighted by Crippen LogP contribution is -1.78. The van der Waals surface area contributed by atoms with Gasteiger partial charge < -0.3 is 4.74 Å². The molecule has 0 heterocycles. The van der Waals surface area contributed by atoms with Crippen LogP contribution >= 0.6 is 0 Å². The van der Waals surface area contributed by atoms with Crippen LogP contribution in [0.1, 0.15) is 13.3 Å². The average Bonchev–Trinajstić information content (AvgIpc) is 2.17. The molecule has 1 aliphatic rings. The third kappa shape index (κ3) is 2.30. The van der Waals surface area contributed by atoms with E-state index >= 15 is 0 Å². The maximum Gasteiger partial charge on any atom is 0.292 e. The fraction of sp³-hybridized carbons (Fsp3) is 0.222. The predicted molar refractivity (Wildman–Crippen MR) is 42.3 cm³/mol. The number of hydrogen-bond acceptors (Lipinski definition) is 2. The summed E-state index contributed by atoms with van der Waals surface area (Å²) in [5.41, 5.74) is 1.19. The number of nitrogens with zero attached hydrogens (tertiary/aromatic N) is 1. The molecular formula is C9H9NO. The van der Waals surface area contributed by atoms with Crippen molar-refractivity contribution in [2.75, 3.05) is 0 Å². The van der Waals surface area contributed by atoms with E-state index in [1.807, 2.05) is 19.1 Å². The van der Waals surface area contributed by atoms with Crippen molar-refractivity contribution in [3.63, 3.8) is 0 Å². The number of allylic oxidation sites excluding steroid dienone is 5. The number of nitriles is 1. The van der Waals surface area contributed by atoms with Crippen LogP contribution in [0.3, 0.4) is 0 Å². The Morgan fingerprint density at radius 2 is 2.27 bits per heavy atom. The molecule has 0 bridgehead atoms. The number of hydrogen-bond donors (Lipinski definition) is 0. The molecule has 11 heavy (non-hydrogen) atoms. The Balaban J connectivity index is 2.68. The normalized spacial score (nSPS) is 16.0. The highest BCUT2D eigenvalue weighted by molar-refractivity contribution is 5.28. The van der Waals surface area contributed by atoms with Gasteiger partial charge in [-0.3, -0.25) is 0 Å². The molecule has 0 aromatic rings. The van der Waals surface area contributed by atoms with Crippen LogP contribution in [0.5, 0.6) is 0 Å². The van der Waals surface area contributed by atoms with Crippen LogP contribution in [0.4, 0.5) is 0 Å². The Bertz CT molecular complexity index is 266. The predicted octanol–water partition coefficient (Wildman–Crippen LogP) is 2.27. The largest absolute Gasteiger partial charge is 0.388 e.